The molecule has 3 N–H and O–H groups in total. The zero-order chi connectivity index (χ0) is 80.9. The Bertz CT molecular complexity index is 6880. The molecule has 3 amide bonds. The molecule has 0 aliphatic heterocycles. The Morgan fingerprint density at radius 1 is 0.417 bits per heavy atom. The van der Waals surface area contributed by atoms with E-state index in [9.17, 15) is 28.8 Å². The summed E-state index contributed by atoms with van der Waals surface area (Å²) in [4.78, 5) is 95.7. The lowest BCUT2D eigenvalue weighted by atomic mass is 9.96. The van der Waals surface area contributed by atoms with Crippen molar-refractivity contribution in [2.75, 3.05) is 0 Å². The van der Waals surface area contributed by atoms with Crippen molar-refractivity contribution in [2.24, 2.45) is 18.4 Å². The number of amides is 3. The molecular weight excluding hydrogens is 1440 g/mol. The van der Waals surface area contributed by atoms with Crippen LogP contribution in [0.15, 0.2) is 246 Å². The lowest BCUT2D eigenvalue weighted by Crippen LogP contribution is -2.32. The summed E-state index contributed by atoms with van der Waals surface area (Å²) in [6.07, 6.45) is 13.7. The first-order valence-electron chi connectivity index (χ1n) is 37.5. The molecule has 0 fully saturated rings. The summed E-state index contributed by atoms with van der Waals surface area (Å²) in [6, 6.07) is 54.9. The van der Waals surface area contributed by atoms with Gasteiger partial charge in [-0.1, -0.05) is 140 Å². The maximum atomic E-state index is 14.2. The van der Waals surface area contributed by atoms with E-state index >= 15 is 0 Å². The van der Waals surface area contributed by atoms with Gasteiger partial charge in [-0.25, -0.2) is 28.5 Å². The molecule has 10 aromatic heterocycles. The molecule has 0 bridgehead atoms. The van der Waals surface area contributed by atoms with Gasteiger partial charge in [-0.3, -0.25) is 47.2 Å². The van der Waals surface area contributed by atoms with E-state index in [0.717, 1.165) is 21.7 Å². The van der Waals surface area contributed by atoms with Crippen molar-refractivity contribution in [3.8, 4) is 52.6 Å². The molecule has 23 heteroatoms. The summed E-state index contributed by atoms with van der Waals surface area (Å²) in [6.45, 7) is 21.1. The highest BCUT2D eigenvalue weighted by atomic mass is 16.2. The standard InChI is InChI=1S/C31H25N7O2.C31H29N5O2.C30H27N5O2/c1-20(34-30(39)27-21(2)35-37-16-8-15-32-29(27)37)26-17-24-10-7-9-23(14-13-22-18-33-36(3)19-22)28(24)31(40)38(26)25-11-5-4-6-12-25;1-20(33-29(37)26-21(2)34-35-18-10-17-32-28(26)35)25-19-23-12-9-11-22(15-16-31(3,4)5)27(23)30(38)36(25)24-13-7-6-8-14-24;1-19(2)14-15-22-10-8-11-23-18-25(35(30(37)27(22)23)24-12-6-5-7-13-24)20(3)32-29(36)26-21(4)33-34-17-9-16-31-28(26)34/h4-12,15-20H,1-3H3,(H,34,39);6-14,17-20H,1-5H3,(H,33,37);5-13,16-20H,1-4H3,(H,32,36)/t3*20-/m000/s1. The topological polar surface area (TPSA) is 262 Å². The van der Waals surface area contributed by atoms with E-state index in [0.29, 0.717) is 118 Å². The molecule has 0 unspecified atom stereocenters. The van der Waals surface area contributed by atoms with Gasteiger partial charge in [-0.05, 0) is 169 Å². The molecule has 570 valence electrons. The molecule has 3 atom stereocenters. The lowest BCUT2D eigenvalue weighted by molar-refractivity contribution is 0.0931. The van der Waals surface area contributed by atoms with E-state index in [-0.39, 0.29) is 45.7 Å². The van der Waals surface area contributed by atoms with Crippen LogP contribution in [0.5, 0.6) is 0 Å². The molecule has 0 spiro atoms. The van der Waals surface area contributed by atoms with Crippen molar-refractivity contribution in [3.63, 3.8) is 0 Å². The van der Waals surface area contributed by atoms with Gasteiger partial charge in [0.1, 0.15) is 16.7 Å². The first-order chi connectivity index (χ1) is 55.4. The maximum absolute atomic E-state index is 14.2. The summed E-state index contributed by atoms with van der Waals surface area (Å²) in [5.41, 5.74) is 10.4. The van der Waals surface area contributed by atoms with E-state index in [4.69, 9.17) is 0 Å². The van der Waals surface area contributed by atoms with Crippen LogP contribution in [0.2, 0.25) is 0 Å². The molecule has 6 aromatic carbocycles. The van der Waals surface area contributed by atoms with Crippen molar-refractivity contribution < 1.29 is 14.4 Å². The number of pyridine rings is 3. The third kappa shape index (κ3) is 16.1. The smallest absolute Gasteiger partial charge is 0.264 e. The quantitative estimate of drug-likeness (QED) is 0.0962. The number of para-hydroxylation sites is 3. The van der Waals surface area contributed by atoms with Crippen molar-refractivity contribution in [2.45, 2.75) is 94.3 Å². The predicted octanol–water partition coefficient (Wildman–Crippen LogP) is 14.0. The predicted molar refractivity (Wildman–Crippen MR) is 447 cm³/mol. The van der Waals surface area contributed by atoms with E-state index in [1.807, 2.05) is 232 Å². The number of rotatable bonds is 12. The van der Waals surface area contributed by atoms with E-state index in [1.54, 1.807) is 114 Å². The van der Waals surface area contributed by atoms with E-state index in [1.165, 1.54) is 0 Å². The van der Waals surface area contributed by atoms with Crippen LogP contribution in [-0.4, -0.2) is 85.0 Å². The molecule has 0 radical (unpaired) electrons. The summed E-state index contributed by atoms with van der Waals surface area (Å²) in [5, 5.41) is 30.5. The molecule has 0 aliphatic rings. The summed E-state index contributed by atoms with van der Waals surface area (Å²) < 4.78 is 11.4. The normalized spacial score (nSPS) is 12.0. The lowest BCUT2D eigenvalue weighted by Gasteiger charge is -2.21. The summed E-state index contributed by atoms with van der Waals surface area (Å²) >= 11 is 0. The fraction of sp³-hybridized carbons (Fsp3) is 0.185. The number of aromatic nitrogens is 14. The zero-order valence-electron chi connectivity index (χ0n) is 65.5. The summed E-state index contributed by atoms with van der Waals surface area (Å²) in [5.74, 6) is 18.3. The molecule has 0 aliphatic carbocycles. The van der Waals surface area contributed by atoms with Gasteiger partial charge in [0.05, 0.1) is 63.1 Å². The van der Waals surface area contributed by atoms with Crippen LogP contribution in [0.4, 0.5) is 0 Å². The number of aryl methyl sites for hydroxylation is 4. The molecule has 10 heterocycles. The van der Waals surface area contributed by atoms with Crippen molar-refractivity contribution >= 4 is 67.0 Å². The largest absolute Gasteiger partial charge is 0.344 e. The molecular formula is C92H81N17O6. The number of fused-ring (bicyclic) bond motifs is 6. The highest BCUT2D eigenvalue weighted by molar-refractivity contribution is 6.03. The number of nitrogens with one attached hydrogen (secondary N) is 3. The Labute approximate surface area is 662 Å². The monoisotopic (exact) mass is 1520 g/mol. The van der Waals surface area contributed by atoms with Gasteiger partial charge < -0.3 is 16.0 Å². The number of hydrogen-bond acceptors (Lipinski definition) is 13. The summed E-state index contributed by atoms with van der Waals surface area (Å²) in [7, 11) is 1.83. The van der Waals surface area contributed by atoms with Crippen LogP contribution in [0, 0.1) is 67.6 Å². The van der Waals surface area contributed by atoms with Gasteiger partial charge in [0, 0.05) is 113 Å². The van der Waals surface area contributed by atoms with Gasteiger partial charge in [-0.2, -0.15) is 20.4 Å². The first kappa shape index (κ1) is 76.9. The van der Waals surface area contributed by atoms with Gasteiger partial charge >= 0.3 is 0 Å². The molecule has 16 rings (SSSR count). The van der Waals surface area contributed by atoms with Gasteiger partial charge in [0.15, 0.2) is 16.9 Å². The second-order valence-corrected chi connectivity index (χ2v) is 29.2. The Hall–Kier alpha value is -14.9. The Kier molecular flexibility index (Phi) is 21.8. The van der Waals surface area contributed by atoms with E-state index in [2.05, 4.69) is 86.8 Å². The molecule has 16 aromatic rings. The Morgan fingerprint density at radius 3 is 1.08 bits per heavy atom. The number of carbonyl (C=O) groups excluding carboxylic acids is 3. The van der Waals surface area contributed by atoms with Crippen LogP contribution >= 0.6 is 0 Å². The second-order valence-electron chi connectivity index (χ2n) is 29.2. The first-order valence-corrected chi connectivity index (χ1v) is 37.5. The molecule has 115 heavy (non-hydrogen) atoms. The van der Waals surface area contributed by atoms with Gasteiger partial charge in [0.2, 0.25) is 0 Å². The van der Waals surface area contributed by atoms with Crippen LogP contribution in [0.25, 0.3) is 66.3 Å². The fourth-order valence-electron chi connectivity index (χ4n) is 13.9. The highest BCUT2D eigenvalue weighted by Gasteiger charge is 2.28. The zero-order valence-corrected chi connectivity index (χ0v) is 65.5. The molecule has 23 nitrogen and oxygen atoms in total. The minimum atomic E-state index is -0.520. The third-order valence-electron chi connectivity index (χ3n) is 19.1. The van der Waals surface area contributed by atoms with Crippen LogP contribution in [0.3, 0.4) is 0 Å². The minimum Gasteiger partial charge on any atom is -0.344 e. The minimum absolute atomic E-state index is 0.178. The SMILES string of the molecule is Cc1nn2cccnc2c1C(=O)N[C@@H](C)c1cc2cccc(C#CC(C)(C)C)c2c(=O)n1-c1ccccc1.Cc1nn2cccnc2c1C(=O)N[C@@H](C)c1cc2cccc(C#CC(C)C)c2c(=O)n1-c1ccccc1.Cc1nn2cccnc2c1C(=O)N[C@@H](C)c1cc2cccc(C#Cc3cnn(C)c3)c2c(=O)n1-c1ccccc1. The fourth-order valence-corrected chi connectivity index (χ4v) is 13.9. The number of hydrogen-bond donors (Lipinski definition) is 3. The van der Waals surface area contributed by atoms with Crippen molar-refractivity contribution in [1.82, 2.24) is 83.2 Å². The number of benzene rings is 6. The van der Waals surface area contributed by atoms with Crippen LogP contribution < -0.4 is 32.6 Å². The van der Waals surface area contributed by atoms with Crippen LogP contribution in [-0.2, 0) is 7.05 Å². The van der Waals surface area contributed by atoms with Gasteiger partial charge in [-0.15, -0.1) is 0 Å². The highest BCUT2D eigenvalue weighted by Crippen LogP contribution is 2.30. The average molecular weight is 1520 g/mol. The third-order valence-corrected chi connectivity index (χ3v) is 19.1. The van der Waals surface area contributed by atoms with Crippen LogP contribution in [0.1, 0.15) is 161 Å². The Morgan fingerprint density at radius 2 is 0.757 bits per heavy atom. The average Bonchev–Trinajstić information content (AvgIpc) is 1.50. The molecule has 0 saturated carbocycles. The second kappa shape index (κ2) is 32.6. The maximum Gasteiger partial charge on any atom is 0.264 e. The number of carbonyl (C=O) groups is 3. The number of nitrogens with zero attached hydrogens (tertiary/aromatic N) is 14. The molecule has 0 saturated heterocycles. The Balaban J connectivity index is 0.000000143. The van der Waals surface area contributed by atoms with Crippen molar-refractivity contribution in [1.29, 1.82) is 0 Å². The van der Waals surface area contributed by atoms with Gasteiger partial charge in [0.25, 0.3) is 34.4 Å². The van der Waals surface area contributed by atoms with E-state index < -0.39 is 18.1 Å². The van der Waals surface area contributed by atoms with Crippen molar-refractivity contribution in [3.05, 3.63) is 336 Å².